The van der Waals surface area contributed by atoms with Crippen molar-refractivity contribution < 1.29 is 0 Å². The summed E-state index contributed by atoms with van der Waals surface area (Å²) in [5.74, 6) is 0. The van der Waals surface area contributed by atoms with Crippen molar-refractivity contribution in [1.82, 2.24) is 4.57 Å². The number of benzene rings is 5. The summed E-state index contributed by atoms with van der Waals surface area (Å²) in [7, 11) is 0. The Morgan fingerprint density at radius 3 is 1.97 bits per heavy atom. The van der Waals surface area contributed by atoms with Gasteiger partial charge in [0.05, 0.1) is 11.0 Å². The zero-order valence-corrected chi connectivity index (χ0v) is 18.0. The van der Waals surface area contributed by atoms with Crippen molar-refractivity contribution in [3.05, 3.63) is 113 Å². The van der Waals surface area contributed by atoms with E-state index in [1.165, 1.54) is 27.3 Å². The van der Waals surface area contributed by atoms with E-state index in [0.717, 1.165) is 32.2 Å². The highest BCUT2D eigenvalue weighted by molar-refractivity contribution is 6.32. The highest BCUT2D eigenvalue weighted by Crippen LogP contribution is 2.37. The predicted molar refractivity (Wildman–Crippen MR) is 134 cm³/mol. The van der Waals surface area contributed by atoms with Crippen LogP contribution in [0.25, 0.3) is 49.4 Å². The van der Waals surface area contributed by atoms with Crippen LogP contribution in [0, 0.1) is 0 Å². The summed E-state index contributed by atoms with van der Waals surface area (Å²) < 4.78 is 2.28. The fourth-order valence-electron chi connectivity index (χ4n) is 4.42. The van der Waals surface area contributed by atoms with Gasteiger partial charge in [0.1, 0.15) is 0 Å². The first-order valence-electron chi connectivity index (χ1n) is 10.2. The zero-order chi connectivity index (χ0) is 20.9. The fraction of sp³-hybridized carbons (Fsp3) is 0. The van der Waals surface area contributed by atoms with Gasteiger partial charge in [0.15, 0.2) is 0 Å². The molecule has 3 heteroatoms. The highest BCUT2D eigenvalue weighted by Gasteiger charge is 2.14. The smallest absolute Gasteiger partial charge is 0.0555 e. The number of hydrogen-bond donors (Lipinski definition) is 0. The third-order valence-corrected chi connectivity index (χ3v) is 6.35. The lowest BCUT2D eigenvalue weighted by molar-refractivity contribution is 1.18. The van der Waals surface area contributed by atoms with Crippen molar-refractivity contribution in [3.63, 3.8) is 0 Å². The molecule has 0 bridgehead atoms. The second-order valence-corrected chi connectivity index (χ2v) is 8.64. The summed E-state index contributed by atoms with van der Waals surface area (Å²) in [6, 6.07) is 35.7. The summed E-state index contributed by atoms with van der Waals surface area (Å²) in [6.45, 7) is 0. The Bertz CT molecular complexity index is 1580. The monoisotopic (exact) mass is 437 g/mol. The molecule has 0 aliphatic carbocycles. The summed E-state index contributed by atoms with van der Waals surface area (Å²) in [4.78, 5) is 0. The molecule has 0 aliphatic rings. The van der Waals surface area contributed by atoms with E-state index in [0.29, 0.717) is 0 Å². The standard InChI is InChI=1S/C28H17Cl2N/c29-22-9-6-20-15-26-25-13-10-23(30)17-28(25)31(27(26)16-21(20)14-22)24-11-7-19(8-12-24)18-4-2-1-3-5-18/h1-17H. The van der Waals surface area contributed by atoms with Crippen molar-refractivity contribution in [3.8, 4) is 16.8 Å². The van der Waals surface area contributed by atoms with E-state index in [1.54, 1.807) is 0 Å². The van der Waals surface area contributed by atoms with E-state index in [1.807, 2.05) is 30.3 Å². The van der Waals surface area contributed by atoms with Crippen LogP contribution in [0.1, 0.15) is 0 Å². The van der Waals surface area contributed by atoms with Gasteiger partial charge in [0, 0.05) is 26.5 Å². The van der Waals surface area contributed by atoms with Crippen LogP contribution in [0.4, 0.5) is 0 Å². The van der Waals surface area contributed by atoms with Gasteiger partial charge in [0.2, 0.25) is 0 Å². The topological polar surface area (TPSA) is 4.93 Å². The molecule has 0 saturated heterocycles. The molecule has 0 amide bonds. The first kappa shape index (κ1) is 18.5. The van der Waals surface area contributed by atoms with Crippen LogP contribution in [-0.4, -0.2) is 4.57 Å². The van der Waals surface area contributed by atoms with Crippen LogP contribution < -0.4 is 0 Å². The van der Waals surface area contributed by atoms with Crippen molar-refractivity contribution in [2.75, 3.05) is 0 Å². The minimum Gasteiger partial charge on any atom is -0.309 e. The maximum Gasteiger partial charge on any atom is 0.0555 e. The van der Waals surface area contributed by atoms with Crippen LogP contribution >= 0.6 is 23.2 Å². The van der Waals surface area contributed by atoms with Gasteiger partial charge in [-0.25, -0.2) is 0 Å². The molecule has 148 valence electrons. The van der Waals surface area contributed by atoms with E-state index < -0.39 is 0 Å². The van der Waals surface area contributed by atoms with Crippen LogP contribution in [0.5, 0.6) is 0 Å². The third kappa shape index (κ3) is 3.09. The van der Waals surface area contributed by atoms with E-state index in [4.69, 9.17) is 23.2 Å². The molecule has 1 heterocycles. The summed E-state index contributed by atoms with van der Waals surface area (Å²) in [5, 5.41) is 6.15. The maximum atomic E-state index is 6.41. The van der Waals surface area contributed by atoms with Crippen LogP contribution in [0.2, 0.25) is 10.0 Å². The number of nitrogens with zero attached hydrogens (tertiary/aromatic N) is 1. The minimum absolute atomic E-state index is 0.727. The van der Waals surface area contributed by atoms with Crippen LogP contribution in [-0.2, 0) is 0 Å². The number of hydrogen-bond acceptors (Lipinski definition) is 0. The fourth-order valence-corrected chi connectivity index (χ4v) is 4.76. The average molecular weight is 438 g/mol. The quantitative estimate of drug-likeness (QED) is 0.254. The Morgan fingerprint density at radius 1 is 0.484 bits per heavy atom. The largest absolute Gasteiger partial charge is 0.309 e. The molecule has 5 aromatic carbocycles. The van der Waals surface area contributed by atoms with Crippen molar-refractivity contribution >= 4 is 55.8 Å². The molecule has 0 atom stereocenters. The maximum absolute atomic E-state index is 6.41. The number of fused-ring (bicyclic) bond motifs is 4. The van der Waals surface area contributed by atoms with Crippen LogP contribution in [0.15, 0.2) is 103 Å². The summed E-state index contributed by atoms with van der Waals surface area (Å²) in [5.41, 5.74) is 5.74. The van der Waals surface area contributed by atoms with Crippen LogP contribution in [0.3, 0.4) is 0 Å². The van der Waals surface area contributed by atoms with Gasteiger partial charge in [-0.05, 0) is 70.4 Å². The van der Waals surface area contributed by atoms with E-state index in [-0.39, 0.29) is 0 Å². The van der Waals surface area contributed by atoms with Gasteiger partial charge < -0.3 is 4.57 Å². The molecule has 1 nitrogen and oxygen atoms in total. The molecule has 0 unspecified atom stereocenters. The number of halogens is 2. The number of aromatic nitrogens is 1. The van der Waals surface area contributed by atoms with Crippen molar-refractivity contribution in [2.24, 2.45) is 0 Å². The van der Waals surface area contributed by atoms with Gasteiger partial charge in [-0.15, -0.1) is 0 Å². The molecule has 0 fully saturated rings. The Morgan fingerprint density at radius 2 is 1.16 bits per heavy atom. The minimum atomic E-state index is 0.727. The molecule has 0 saturated carbocycles. The van der Waals surface area contributed by atoms with Gasteiger partial charge in [0.25, 0.3) is 0 Å². The molecule has 0 radical (unpaired) electrons. The van der Waals surface area contributed by atoms with E-state index in [2.05, 4.69) is 77.4 Å². The van der Waals surface area contributed by atoms with Crippen molar-refractivity contribution in [1.29, 1.82) is 0 Å². The van der Waals surface area contributed by atoms with Gasteiger partial charge in [-0.1, -0.05) is 77.8 Å². The second-order valence-electron chi connectivity index (χ2n) is 7.77. The summed E-state index contributed by atoms with van der Waals surface area (Å²) >= 11 is 12.7. The first-order valence-corrected chi connectivity index (χ1v) is 10.9. The molecular formula is C28H17Cl2N. The second kappa shape index (κ2) is 7.16. The molecule has 1 aromatic heterocycles. The van der Waals surface area contributed by atoms with Crippen molar-refractivity contribution in [2.45, 2.75) is 0 Å². The Hall–Kier alpha value is -3.26. The highest BCUT2D eigenvalue weighted by atomic mass is 35.5. The SMILES string of the molecule is Clc1ccc2cc3c4ccc(Cl)cc4n(-c4ccc(-c5ccccc5)cc4)c3cc2c1. The Balaban J connectivity index is 1.64. The average Bonchev–Trinajstić information content (AvgIpc) is 3.10. The molecular weight excluding hydrogens is 421 g/mol. The summed E-state index contributed by atoms with van der Waals surface area (Å²) in [6.07, 6.45) is 0. The lowest BCUT2D eigenvalue weighted by atomic mass is 10.1. The molecule has 6 aromatic rings. The van der Waals surface area contributed by atoms with E-state index >= 15 is 0 Å². The zero-order valence-electron chi connectivity index (χ0n) is 16.5. The lowest BCUT2D eigenvalue weighted by Crippen LogP contribution is -1.94. The lowest BCUT2D eigenvalue weighted by Gasteiger charge is -2.10. The molecule has 0 aliphatic heterocycles. The third-order valence-electron chi connectivity index (χ3n) is 5.88. The molecule has 31 heavy (non-hydrogen) atoms. The molecule has 6 rings (SSSR count). The Kier molecular flexibility index (Phi) is 4.27. The number of rotatable bonds is 2. The Labute approximate surface area is 190 Å². The van der Waals surface area contributed by atoms with Gasteiger partial charge in [-0.2, -0.15) is 0 Å². The predicted octanol–water partition coefficient (Wildman–Crippen LogP) is 8.91. The normalized spacial score (nSPS) is 11.5. The van der Waals surface area contributed by atoms with Gasteiger partial charge >= 0.3 is 0 Å². The van der Waals surface area contributed by atoms with Gasteiger partial charge in [-0.3, -0.25) is 0 Å². The first-order chi connectivity index (χ1) is 15.2. The molecule has 0 N–H and O–H groups in total. The van der Waals surface area contributed by atoms with E-state index in [9.17, 15) is 0 Å². The molecule has 0 spiro atoms.